The van der Waals surface area contributed by atoms with Crippen molar-refractivity contribution in [2.24, 2.45) is 0 Å². The standard InChI is InChI=1S/C21H25NO4/c1-15(2)26-18-7-3-5-16(13-18)6-4-10-22-21(23)17-8-9-19-20(14-17)25-12-11-24-19/h3,5,7-9,13-15H,4,6,10-12H2,1-2H3,(H,22,23). The van der Waals surface area contributed by atoms with Gasteiger partial charge in [-0.05, 0) is 62.6 Å². The highest BCUT2D eigenvalue weighted by molar-refractivity contribution is 5.94. The molecule has 0 aliphatic carbocycles. The van der Waals surface area contributed by atoms with E-state index in [4.69, 9.17) is 14.2 Å². The molecule has 0 atom stereocenters. The molecule has 0 saturated heterocycles. The number of aryl methyl sites for hydroxylation is 1. The van der Waals surface area contributed by atoms with Gasteiger partial charge in [0.2, 0.25) is 0 Å². The van der Waals surface area contributed by atoms with E-state index in [2.05, 4.69) is 17.4 Å². The third-order valence-electron chi connectivity index (χ3n) is 4.00. The van der Waals surface area contributed by atoms with Gasteiger partial charge in [0, 0.05) is 12.1 Å². The van der Waals surface area contributed by atoms with E-state index in [0.29, 0.717) is 36.8 Å². The van der Waals surface area contributed by atoms with Crippen molar-refractivity contribution in [3.63, 3.8) is 0 Å². The van der Waals surface area contributed by atoms with Gasteiger partial charge in [0.15, 0.2) is 11.5 Å². The number of amides is 1. The van der Waals surface area contributed by atoms with Gasteiger partial charge in [0.25, 0.3) is 5.91 Å². The summed E-state index contributed by atoms with van der Waals surface area (Å²) in [5, 5.41) is 2.96. The van der Waals surface area contributed by atoms with Gasteiger partial charge in [-0.2, -0.15) is 0 Å². The average Bonchev–Trinajstić information content (AvgIpc) is 2.64. The number of nitrogens with one attached hydrogen (secondary N) is 1. The summed E-state index contributed by atoms with van der Waals surface area (Å²) in [5.41, 5.74) is 1.79. The van der Waals surface area contributed by atoms with E-state index in [-0.39, 0.29) is 12.0 Å². The number of hydrogen-bond donors (Lipinski definition) is 1. The Morgan fingerprint density at radius 1 is 1.12 bits per heavy atom. The van der Waals surface area contributed by atoms with Crippen molar-refractivity contribution < 1.29 is 19.0 Å². The van der Waals surface area contributed by atoms with Crippen LogP contribution in [0.5, 0.6) is 17.2 Å². The highest BCUT2D eigenvalue weighted by atomic mass is 16.6. The van der Waals surface area contributed by atoms with Gasteiger partial charge < -0.3 is 19.5 Å². The van der Waals surface area contributed by atoms with Crippen LogP contribution in [0.1, 0.15) is 36.2 Å². The number of rotatable bonds is 7. The molecule has 138 valence electrons. The first kappa shape index (κ1) is 18.1. The van der Waals surface area contributed by atoms with E-state index in [0.717, 1.165) is 18.6 Å². The molecule has 0 radical (unpaired) electrons. The summed E-state index contributed by atoms with van der Waals surface area (Å²) in [6.07, 6.45) is 1.91. The number of fused-ring (bicyclic) bond motifs is 1. The predicted octanol–water partition coefficient (Wildman–Crippen LogP) is 3.61. The molecule has 1 amide bonds. The topological polar surface area (TPSA) is 56.8 Å². The average molecular weight is 355 g/mol. The second-order valence-corrected chi connectivity index (χ2v) is 6.53. The van der Waals surface area contributed by atoms with Gasteiger partial charge in [-0.1, -0.05) is 12.1 Å². The van der Waals surface area contributed by atoms with Crippen molar-refractivity contribution in [2.45, 2.75) is 32.8 Å². The van der Waals surface area contributed by atoms with Crippen molar-refractivity contribution in [1.29, 1.82) is 0 Å². The van der Waals surface area contributed by atoms with Crippen LogP contribution >= 0.6 is 0 Å². The van der Waals surface area contributed by atoms with Crippen LogP contribution in [-0.4, -0.2) is 31.8 Å². The largest absolute Gasteiger partial charge is 0.491 e. The van der Waals surface area contributed by atoms with Crippen LogP contribution in [0, 0.1) is 0 Å². The molecule has 1 aliphatic rings. The van der Waals surface area contributed by atoms with E-state index in [9.17, 15) is 4.79 Å². The molecule has 5 heteroatoms. The summed E-state index contributed by atoms with van der Waals surface area (Å²) >= 11 is 0. The first-order valence-electron chi connectivity index (χ1n) is 9.05. The fourth-order valence-electron chi connectivity index (χ4n) is 2.83. The molecule has 2 aromatic rings. The van der Waals surface area contributed by atoms with E-state index in [1.54, 1.807) is 18.2 Å². The van der Waals surface area contributed by atoms with Crippen LogP contribution < -0.4 is 19.5 Å². The fourth-order valence-corrected chi connectivity index (χ4v) is 2.83. The molecule has 0 unspecified atom stereocenters. The molecule has 0 saturated carbocycles. The van der Waals surface area contributed by atoms with E-state index < -0.39 is 0 Å². The van der Waals surface area contributed by atoms with Gasteiger partial charge in [0.1, 0.15) is 19.0 Å². The van der Waals surface area contributed by atoms with Crippen molar-refractivity contribution >= 4 is 5.91 Å². The maximum atomic E-state index is 12.3. The summed E-state index contributed by atoms with van der Waals surface area (Å²) in [7, 11) is 0. The first-order valence-corrected chi connectivity index (χ1v) is 9.05. The monoisotopic (exact) mass is 355 g/mol. The van der Waals surface area contributed by atoms with Crippen LogP contribution in [0.2, 0.25) is 0 Å². The van der Waals surface area contributed by atoms with E-state index in [1.807, 2.05) is 26.0 Å². The lowest BCUT2D eigenvalue weighted by Crippen LogP contribution is -2.25. The van der Waals surface area contributed by atoms with Gasteiger partial charge >= 0.3 is 0 Å². The summed E-state index contributed by atoms with van der Waals surface area (Å²) in [6.45, 7) is 5.70. The number of carbonyl (C=O) groups excluding carboxylic acids is 1. The fraction of sp³-hybridized carbons (Fsp3) is 0.381. The van der Waals surface area contributed by atoms with Gasteiger partial charge in [0.05, 0.1) is 6.10 Å². The molecule has 0 fully saturated rings. The zero-order valence-corrected chi connectivity index (χ0v) is 15.3. The maximum Gasteiger partial charge on any atom is 0.251 e. The van der Waals surface area contributed by atoms with E-state index >= 15 is 0 Å². The molecule has 1 aliphatic heterocycles. The highest BCUT2D eigenvalue weighted by Crippen LogP contribution is 2.30. The number of benzene rings is 2. The summed E-state index contributed by atoms with van der Waals surface area (Å²) in [5.74, 6) is 2.11. The zero-order valence-electron chi connectivity index (χ0n) is 15.3. The zero-order chi connectivity index (χ0) is 18.4. The van der Waals surface area contributed by atoms with Crippen LogP contribution in [0.15, 0.2) is 42.5 Å². The SMILES string of the molecule is CC(C)Oc1cccc(CCCNC(=O)c2ccc3c(c2)OCCO3)c1. The lowest BCUT2D eigenvalue weighted by atomic mass is 10.1. The maximum absolute atomic E-state index is 12.3. The van der Waals surface area contributed by atoms with Crippen LogP contribution in [0.3, 0.4) is 0 Å². The highest BCUT2D eigenvalue weighted by Gasteiger charge is 2.14. The molecule has 26 heavy (non-hydrogen) atoms. The predicted molar refractivity (Wildman–Crippen MR) is 100 cm³/mol. The number of carbonyl (C=O) groups is 1. The lowest BCUT2D eigenvalue weighted by molar-refractivity contribution is 0.0952. The quantitative estimate of drug-likeness (QED) is 0.771. The van der Waals surface area contributed by atoms with Crippen molar-refractivity contribution in [3.8, 4) is 17.2 Å². The van der Waals surface area contributed by atoms with Gasteiger partial charge in [-0.3, -0.25) is 4.79 Å². The Labute approximate surface area is 154 Å². The number of hydrogen-bond acceptors (Lipinski definition) is 4. The normalized spacial score (nSPS) is 12.7. The molecule has 2 aromatic carbocycles. The van der Waals surface area contributed by atoms with E-state index in [1.165, 1.54) is 5.56 Å². The Balaban J connectivity index is 1.47. The summed E-state index contributed by atoms with van der Waals surface area (Å²) in [4.78, 5) is 12.3. The molecule has 0 spiro atoms. The summed E-state index contributed by atoms with van der Waals surface area (Å²) < 4.78 is 16.7. The molecule has 0 bridgehead atoms. The van der Waals surface area contributed by atoms with Crippen molar-refractivity contribution in [3.05, 3.63) is 53.6 Å². The van der Waals surface area contributed by atoms with Crippen molar-refractivity contribution in [1.82, 2.24) is 5.32 Å². The van der Waals surface area contributed by atoms with Crippen LogP contribution in [-0.2, 0) is 6.42 Å². The second-order valence-electron chi connectivity index (χ2n) is 6.53. The molecule has 0 aromatic heterocycles. The Morgan fingerprint density at radius 3 is 2.73 bits per heavy atom. The summed E-state index contributed by atoms with van der Waals surface area (Å²) in [6, 6.07) is 13.4. The number of ether oxygens (including phenoxy) is 3. The molecular formula is C21H25NO4. The molecule has 3 rings (SSSR count). The Kier molecular flexibility index (Phi) is 6.00. The minimum atomic E-state index is -0.0983. The third-order valence-corrected chi connectivity index (χ3v) is 4.00. The van der Waals surface area contributed by atoms with Crippen LogP contribution in [0.4, 0.5) is 0 Å². The first-order chi connectivity index (χ1) is 12.6. The minimum absolute atomic E-state index is 0.0983. The molecule has 5 nitrogen and oxygen atoms in total. The second kappa shape index (κ2) is 8.61. The minimum Gasteiger partial charge on any atom is -0.491 e. The molecule has 1 heterocycles. The Bertz CT molecular complexity index is 757. The van der Waals surface area contributed by atoms with Gasteiger partial charge in [-0.15, -0.1) is 0 Å². The smallest absolute Gasteiger partial charge is 0.251 e. The van der Waals surface area contributed by atoms with Crippen LogP contribution in [0.25, 0.3) is 0 Å². The molecular weight excluding hydrogens is 330 g/mol. The Morgan fingerprint density at radius 2 is 1.92 bits per heavy atom. The third kappa shape index (κ3) is 4.91. The molecule has 1 N–H and O–H groups in total. The van der Waals surface area contributed by atoms with Crippen molar-refractivity contribution in [2.75, 3.05) is 19.8 Å². The Hall–Kier alpha value is -2.69. The van der Waals surface area contributed by atoms with Gasteiger partial charge in [-0.25, -0.2) is 0 Å². The lowest BCUT2D eigenvalue weighted by Gasteiger charge is -2.18.